The molecule has 0 heterocycles. The molecule has 15 heavy (non-hydrogen) atoms. The van der Waals surface area contributed by atoms with Gasteiger partial charge in [0.1, 0.15) is 0 Å². The Balaban J connectivity index is 5.54. The van der Waals surface area contributed by atoms with E-state index < -0.39 is 24.6 Å². The Labute approximate surface area is 89.7 Å². The lowest BCUT2D eigenvalue weighted by molar-refractivity contribution is -0.142. The predicted octanol–water partition coefficient (Wildman–Crippen LogP) is 1.83. The molecule has 0 saturated carbocycles. The van der Waals surface area contributed by atoms with E-state index in [2.05, 4.69) is 0 Å². The monoisotopic (exact) mass is 238 g/mol. The molecule has 6 heteroatoms. The zero-order valence-corrected chi connectivity index (χ0v) is 10.2. The average Bonchev–Trinajstić information content (AvgIpc) is 2.10. The highest BCUT2D eigenvalue weighted by atomic mass is 31.2. The third kappa shape index (κ3) is 2.41. The van der Waals surface area contributed by atoms with Crippen LogP contribution in [0.25, 0.3) is 0 Å². The number of aliphatic carboxylic acids is 1. The Bertz CT molecular complexity index is 268. The van der Waals surface area contributed by atoms with Crippen LogP contribution in [0.2, 0.25) is 0 Å². The van der Waals surface area contributed by atoms with E-state index in [1.807, 2.05) is 0 Å². The van der Waals surface area contributed by atoms with Crippen LogP contribution in [0.1, 0.15) is 40.0 Å². The molecule has 0 bridgehead atoms. The van der Waals surface area contributed by atoms with Crippen LogP contribution < -0.4 is 0 Å². The van der Waals surface area contributed by atoms with Gasteiger partial charge < -0.3 is 14.9 Å². The number of carboxylic acid groups (broad SMARTS) is 1. The van der Waals surface area contributed by atoms with E-state index in [0.717, 1.165) is 0 Å². The molecule has 0 amide bonds. The molecule has 0 saturated heterocycles. The van der Waals surface area contributed by atoms with Crippen molar-refractivity contribution in [3.63, 3.8) is 0 Å². The van der Waals surface area contributed by atoms with Crippen molar-refractivity contribution in [2.45, 2.75) is 45.2 Å². The molecule has 0 aromatic heterocycles. The first-order valence-electron chi connectivity index (χ1n) is 5.06. The van der Waals surface area contributed by atoms with Gasteiger partial charge in [-0.25, -0.2) is 0 Å². The molecule has 1 atom stereocenters. The van der Waals surface area contributed by atoms with Crippen molar-refractivity contribution < 1.29 is 24.3 Å². The third-order valence-corrected chi connectivity index (χ3v) is 5.00. The molecule has 90 valence electrons. The number of carbonyl (C=O) groups is 1. The van der Waals surface area contributed by atoms with E-state index in [-0.39, 0.29) is 6.42 Å². The van der Waals surface area contributed by atoms with Crippen LogP contribution in [0.4, 0.5) is 0 Å². The van der Waals surface area contributed by atoms with Gasteiger partial charge in [0.05, 0.1) is 0 Å². The molecule has 0 unspecified atom stereocenters. The van der Waals surface area contributed by atoms with E-state index in [1.165, 1.54) is 6.92 Å². The predicted molar refractivity (Wildman–Crippen MR) is 56.8 cm³/mol. The van der Waals surface area contributed by atoms with Crippen molar-refractivity contribution in [1.29, 1.82) is 0 Å². The summed E-state index contributed by atoms with van der Waals surface area (Å²) in [5, 5.41) is 7.18. The van der Waals surface area contributed by atoms with Gasteiger partial charge in [0.15, 0.2) is 5.16 Å². The smallest absolute Gasteiger partial charge is 0.343 e. The molecule has 0 aromatic rings. The van der Waals surface area contributed by atoms with Crippen molar-refractivity contribution in [1.82, 2.24) is 0 Å². The van der Waals surface area contributed by atoms with Crippen LogP contribution in [0.5, 0.6) is 0 Å². The van der Waals surface area contributed by atoms with E-state index in [4.69, 9.17) is 5.11 Å². The maximum absolute atomic E-state index is 11.4. The minimum Gasteiger partial charge on any atom is -0.480 e. The van der Waals surface area contributed by atoms with Crippen LogP contribution in [0, 0.1) is 5.92 Å². The van der Waals surface area contributed by atoms with Gasteiger partial charge in [-0.1, -0.05) is 33.6 Å². The summed E-state index contributed by atoms with van der Waals surface area (Å²) >= 11 is 0. The van der Waals surface area contributed by atoms with Crippen LogP contribution >= 0.6 is 7.60 Å². The van der Waals surface area contributed by atoms with E-state index in [1.54, 1.807) is 13.8 Å². The lowest BCUT2D eigenvalue weighted by atomic mass is 9.85. The van der Waals surface area contributed by atoms with Crippen LogP contribution in [-0.4, -0.2) is 26.0 Å². The first-order valence-corrected chi connectivity index (χ1v) is 6.68. The largest absolute Gasteiger partial charge is 0.480 e. The molecule has 5 nitrogen and oxygen atoms in total. The molecular formula is C9H19O5P. The summed E-state index contributed by atoms with van der Waals surface area (Å²) in [6.45, 7) is 5.00. The second-order valence-corrected chi connectivity index (χ2v) is 5.53. The summed E-state index contributed by atoms with van der Waals surface area (Å²) in [5.74, 6) is -1.90. The Hall–Kier alpha value is -0.380. The Kier molecular flexibility index (Phi) is 4.97. The standard InChI is InChI=1S/C9H19O5P/c1-4-7(5-2)9(6-3,8(10)11)15(12,13)14/h7H,4-6H2,1-3H3,(H,10,11)(H2,12,13,14)/t9-/m0/s1. The maximum atomic E-state index is 11.4. The van der Waals surface area contributed by atoms with Gasteiger partial charge in [0, 0.05) is 0 Å². The number of hydrogen-bond acceptors (Lipinski definition) is 2. The zero-order chi connectivity index (χ0) is 12.3. The van der Waals surface area contributed by atoms with Gasteiger partial charge in [-0.05, 0) is 12.3 Å². The van der Waals surface area contributed by atoms with Gasteiger partial charge in [0.25, 0.3) is 0 Å². The van der Waals surface area contributed by atoms with Gasteiger partial charge in [0.2, 0.25) is 0 Å². The lowest BCUT2D eigenvalue weighted by Gasteiger charge is -2.35. The van der Waals surface area contributed by atoms with Gasteiger partial charge in [-0.15, -0.1) is 0 Å². The summed E-state index contributed by atoms with van der Waals surface area (Å²) in [6, 6.07) is 0. The minimum absolute atomic E-state index is 0.0566. The summed E-state index contributed by atoms with van der Waals surface area (Å²) in [5.41, 5.74) is 0. The highest BCUT2D eigenvalue weighted by Gasteiger charge is 2.56. The van der Waals surface area contributed by atoms with Crippen LogP contribution in [0.15, 0.2) is 0 Å². The number of hydrogen-bond donors (Lipinski definition) is 3. The molecular weight excluding hydrogens is 219 g/mol. The quantitative estimate of drug-likeness (QED) is 0.613. The average molecular weight is 238 g/mol. The van der Waals surface area contributed by atoms with Crippen LogP contribution in [-0.2, 0) is 9.36 Å². The first-order chi connectivity index (χ1) is 6.77. The lowest BCUT2D eigenvalue weighted by Crippen LogP contribution is -2.44. The highest BCUT2D eigenvalue weighted by Crippen LogP contribution is 2.58. The van der Waals surface area contributed by atoms with Crippen LogP contribution in [0.3, 0.4) is 0 Å². The topological polar surface area (TPSA) is 94.8 Å². The van der Waals surface area contributed by atoms with Crippen molar-refractivity contribution in [2.75, 3.05) is 0 Å². The second kappa shape index (κ2) is 5.10. The molecule has 0 aliphatic carbocycles. The van der Waals surface area contributed by atoms with Crippen molar-refractivity contribution in [2.24, 2.45) is 5.92 Å². The molecule has 0 aliphatic rings. The summed E-state index contributed by atoms with van der Waals surface area (Å²) < 4.78 is 11.4. The maximum Gasteiger partial charge on any atom is 0.343 e. The van der Waals surface area contributed by atoms with Crippen molar-refractivity contribution in [3.05, 3.63) is 0 Å². The normalized spacial score (nSPS) is 16.4. The molecule has 0 aliphatic heterocycles. The second-order valence-electron chi connectivity index (χ2n) is 3.64. The SMILES string of the molecule is CCC(CC)[C@@](CC)(C(=O)O)P(=O)(O)O. The highest BCUT2D eigenvalue weighted by molar-refractivity contribution is 7.54. The Morgan fingerprint density at radius 3 is 1.73 bits per heavy atom. The number of carboxylic acids is 1. The fourth-order valence-electron chi connectivity index (χ4n) is 2.15. The summed E-state index contributed by atoms with van der Waals surface area (Å²) in [4.78, 5) is 29.7. The molecule has 0 rings (SSSR count). The Morgan fingerprint density at radius 2 is 1.67 bits per heavy atom. The molecule has 0 radical (unpaired) electrons. The third-order valence-electron chi connectivity index (χ3n) is 3.09. The molecule has 0 aromatic carbocycles. The minimum atomic E-state index is -4.65. The van der Waals surface area contributed by atoms with Gasteiger partial charge in [-0.3, -0.25) is 9.36 Å². The molecule has 0 spiro atoms. The van der Waals surface area contributed by atoms with E-state index >= 15 is 0 Å². The van der Waals surface area contributed by atoms with Crippen molar-refractivity contribution in [3.8, 4) is 0 Å². The van der Waals surface area contributed by atoms with E-state index in [9.17, 15) is 19.1 Å². The number of rotatable bonds is 6. The van der Waals surface area contributed by atoms with Crippen molar-refractivity contribution >= 4 is 13.6 Å². The van der Waals surface area contributed by atoms with Gasteiger partial charge in [-0.2, -0.15) is 0 Å². The van der Waals surface area contributed by atoms with Gasteiger partial charge >= 0.3 is 13.6 Å². The fraction of sp³-hybridized carbons (Fsp3) is 0.889. The first kappa shape index (κ1) is 14.6. The molecule has 0 fully saturated rings. The Morgan fingerprint density at radius 1 is 1.27 bits per heavy atom. The fourth-order valence-corrected chi connectivity index (χ4v) is 3.65. The van der Waals surface area contributed by atoms with E-state index in [0.29, 0.717) is 12.8 Å². The summed E-state index contributed by atoms with van der Waals surface area (Å²) in [6.07, 6.45) is 0.836. The molecule has 3 N–H and O–H groups in total. The zero-order valence-electron chi connectivity index (χ0n) is 9.30. The summed E-state index contributed by atoms with van der Waals surface area (Å²) in [7, 11) is -4.65.